The summed E-state index contributed by atoms with van der Waals surface area (Å²) in [4.78, 5) is 12.1. The van der Waals surface area contributed by atoms with E-state index in [2.05, 4.69) is 15.7 Å². The Morgan fingerprint density at radius 2 is 1.79 bits per heavy atom. The molecular formula is C17H14Cl2N4O. The number of nitrogens with one attached hydrogen (secondary N) is 2. The molecule has 0 aliphatic rings. The number of rotatable bonds is 3. The first-order valence-corrected chi connectivity index (χ1v) is 7.91. The number of hydrogen-bond acceptors (Lipinski definition) is 2. The fourth-order valence-corrected chi connectivity index (χ4v) is 2.61. The molecule has 0 atom stereocenters. The van der Waals surface area contributed by atoms with Crippen LogP contribution in [0.5, 0.6) is 0 Å². The molecule has 0 spiro atoms. The number of carbonyl (C=O) groups is 1. The third-order valence-electron chi connectivity index (χ3n) is 3.37. The van der Waals surface area contributed by atoms with Crippen molar-refractivity contribution in [2.75, 3.05) is 10.6 Å². The normalized spacial score (nSPS) is 10.5. The Hall–Kier alpha value is -2.50. The average Bonchev–Trinajstić information content (AvgIpc) is 2.92. The summed E-state index contributed by atoms with van der Waals surface area (Å²) in [6.07, 6.45) is 0. The van der Waals surface area contributed by atoms with E-state index in [9.17, 15) is 4.79 Å². The molecular weight excluding hydrogens is 347 g/mol. The number of aromatic nitrogens is 2. The number of carbonyl (C=O) groups excluding carboxylic acids is 1. The van der Waals surface area contributed by atoms with Crippen molar-refractivity contribution < 1.29 is 4.79 Å². The third-order valence-corrected chi connectivity index (χ3v) is 3.93. The first-order valence-electron chi connectivity index (χ1n) is 7.15. The van der Waals surface area contributed by atoms with Crippen LogP contribution in [-0.4, -0.2) is 15.8 Å². The lowest BCUT2D eigenvalue weighted by Crippen LogP contribution is -2.20. The number of nitrogens with zero attached hydrogens (tertiary/aromatic N) is 2. The van der Waals surface area contributed by atoms with E-state index in [4.69, 9.17) is 23.2 Å². The molecule has 0 fully saturated rings. The van der Waals surface area contributed by atoms with E-state index in [1.165, 1.54) is 0 Å². The van der Waals surface area contributed by atoms with Crippen molar-refractivity contribution in [3.63, 3.8) is 0 Å². The second-order valence-corrected chi connectivity index (χ2v) is 5.95. The zero-order valence-corrected chi connectivity index (χ0v) is 14.3. The van der Waals surface area contributed by atoms with Gasteiger partial charge in [0, 0.05) is 18.1 Å². The molecule has 122 valence electrons. The molecule has 2 N–H and O–H groups in total. The first-order chi connectivity index (χ1) is 11.5. The molecule has 24 heavy (non-hydrogen) atoms. The summed E-state index contributed by atoms with van der Waals surface area (Å²) in [7, 11) is 1.82. The number of hydrogen-bond donors (Lipinski definition) is 2. The minimum Gasteiger partial charge on any atom is -0.306 e. The van der Waals surface area contributed by atoms with Crippen LogP contribution < -0.4 is 10.6 Å². The van der Waals surface area contributed by atoms with Crippen molar-refractivity contribution in [2.24, 2.45) is 7.05 Å². The summed E-state index contributed by atoms with van der Waals surface area (Å²) in [6, 6.07) is 16.0. The molecule has 0 bridgehead atoms. The number of amides is 2. The third kappa shape index (κ3) is 3.69. The van der Waals surface area contributed by atoms with E-state index >= 15 is 0 Å². The lowest BCUT2D eigenvalue weighted by atomic mass is 10.1. The molecule has 0 saturated carbocycles. The molecule has 5 nitrogen and oxygen atoms in total. The van der Waals surface area contributed by atoms with Gasteiger partial charge in [-0.15, -0.1) is 0 Å². The van der Waals surface area contributed by atoms with Crippen LogP contribution in [0.1, 0.15) is 0 Å². The van der Waals surface area contributed by atoms with Gasteiger partial charge in [-0.3, -0.25) is 10.00 Å². The zero-order chi connectivity index (χ0) is 17.1. The monoisotopic (exact) mass is 360 g/mol. The second-order valence-electron chi connectivity index (χ2n) is 5.11. The molecule has 3 rings (SSSR count). The van der Waals surface area contributed by atoms with Crippen molar-refractivity contribution in [1.82, 2.24) is 9.78 Å². The Morgan fingerprint density at radius 1 is 1.04 bits per heavy atom. The highest BCUT2D eigenvalue weighted by Gasteiger charge is 2.11. The van der Waals surface area contributed by atoms with Gasteiger partial charge < -0.3 is 5.32 Å². The van der Waals surface area contributed by atoms with E-state index < -0.39 is 6.03 Å². The van der Waals surface area contributed by atoms with Crippen LogP contribution in [0.4, 0.5) is 16.3 Å². The summed E-state index contributed by atoms with van der Waals surface area (Å²) < 4.78 is 1.71. The van der Waals surface area contributed by atoms with E-state index in [0.29, 0.717) is 21.6 Å². The summed E-state index contributed by atoms with van der Waals surface area (Å²) in [5.41, 5.74) is 2.34. The molecule has 2 aromatic carbocycles. The van der Waals surface area contributed by atoms with Crippen molar-refractivity contribution >= 4 is 40.7 Å². The quantitative estimate of drug-likeness (QED) is 0.687. The van der Waals surface area contributed by atoms with Gasteiger partial charge in [0.1, 0.15) is 0 Å². The van der Waals surface area contributed by atoms with E-state index in [1.54, 1.807) is 28.9 Å². The van der Waals surface area contributed by atoms with Crippen molar-refractivity contribution in [1.29, 1.82) is 0 Å². The minimum absolute atomic E-state index is 0.403. The molecule has 0 saturated heterocycles. The van der Waals surface area contributed by atoms with Crippen LogP contribution in [0, 0.1) is 0 Å². The van der Waals surface area contributed by atoms with Gasteiger partial charge in [0.2, 0.25) is 0 Å². The molecule has 0 aliphatic carbocycles. The first kappa shape index (κ1) is 16.4. The Labute approximate surface area is 149 Å². The average molecular weight is 361 g/mol. The largest absolute Gasteiger partial charge is 0.324 e. The second kappa shape index (κ2) is 6.95. The van der Waals surface area contributed by atoms with Crippen molar-refractivity contribution in [2.45, 2.75) is 0 Å². The van der Waals surface area contributed by atoms with Crippen LogP contribution in [0.2, 0.25) is 10.0 Å². The number of benzene rings is 2. The van der Waals surface area contributed by atoms with Crippen LogP contribution in [0.15, 0.2) is 54.6 Å². The van der Waals surface area contributed by atoms with Gasteiger partial charge in [0.15, 0.2) is 5.82 Å². The Kier molecular flexibility index (Phi) is 4.74. The van der Waals surface area contributed by atoms with Gasteiger partial charge in [0.25, 0.3) is 0 Å². The maximum absolute atomic E-state index is 12.1. The number of anilines is 2. The fourth-order valence-electron chi connectivity index (χ4n) is 2.27. The lowest BCUT2D eigenvalue weighted by Gasteiger charge is -2.07. The van der Waals surface area contributed by atoms with Crippen molar-refractivity contribution in [3.8, 4) is 11.3 Å². The van der Waals surface area contributed by atoms with Gasteiger partial charge in [-0.05, 0) is 23.8 Å². The molecule has 1 heterocycles. The predicted octanol–water partition coefficient (Wildman–Crippen LogP) is 5.04. The van der Waals surface area contributed by atoms with Crippen molar-refractivity contribution in [3.05, 3.63) is 64.6 Å². The highest BCUT2D eigenvalue weighted by Crippen LogP contribution is 2.26. The van der Waals surface area contributed by atoms with E-state index in [0.717, 1.165) is 11.3 Å². The summed E-state index contributed by atoms with van der Waals surface area (Å²) >= 11 is 11.9. The van der Waals surface area contributed by atoms with E-state index in [-0.39, 0.29) is 0 Å². The van der Waals surface area contributed by atoms with Crippen LogP contribution >= 0.6 is 23.2 Å². The fraction of sp³-hybridized carbons (Fsp3) is 0.0588. The van der Waals surface area contributed by atoms with Crippen LogP contribution in [0.3, 0.4) is 0 Å². The maximum Gasteiger partial charge on any atom is 0.324 e. The molecule has 0 unspecified atom stereocenters. The highest BCUT2D eigenvalue weighted by atomic mass is 35.5. The number of aryl methyl sites for hydroxylation is 1. The number of urea groups is 1. The summed E-state index contributed by atoms with van der Waals surface area (Å²) in [6.45, 7) is 0. The van der Waals surface area contributed by atoms with Gasteiger partial charge >= 0.3 is 6.03 Å². The maximum atomic E-state index is 12.1. The molecule has 0 radical (unpaired) electrons. The number of halogens is 2. The van der Waals surface area contributed by atoms with Crippen LogP contribution in [0.25, 0.3) is 11.3 Å². The topological polar surface area (TPSA) is 59.0 Å². The lowest BCUT2D eigenvalue weighted by molar-refractivity contribution is 0.262. The molecule has 3 aromatic rings. The predicted molar refractivity (Wildman–Crippen MR) is 97.7 cm³/mol. The Balaban J connectivity index is 1.75. The van der Waals surface area contributed by atoms with Gasteiger partial charge in [0.05, 0.1) is 16.4 Å². The zero-order valence-electron chi connectivity index (χ0n) is 12.8. The Morgan fingerprint density at radius 3 is 2.54 bits per heavy atom. The minimum atomic E-state index is -0.447. The summed E-state index contributed by atoms with van der Waals surface area (Å²) in [5.74, 6) is 0.437. The highest BCUT2D eigenvalue weighted by molar-refractivity contribution is 6.35. The van der Waals surface area contributed by atoms with E-state index in [1.807, 2.05) is 37.4 Å². The van der Waals surface area contributed by atoms with Gasteiger partial charge in [-0.2, -0.15) is 5.10 Å². The van der Waals surface area contributed by atoms with Gasteiger partial charge in [-0.25, -0.2) is 4.79 Å². The standard InChI is InChI=1S/C17H14Cl2N4O/c1-23-15(11-5-3-2-4-6-11)10-16(22-23)21-17(24)20-14-9-12(18)7-8-13(14)19/h2-10H,1H3,(H2,20,21,22,24). The van der Waals surface area contributed by atoms with Crippen LogP contribution in [-0.2, 0) is 7.05 Å². The Bertz CT molecular complexity index is 878. The SMILES string of the molecule is Cn1nc(NC(=O)Nc2cc(Cl)ccc2Cl)cc1-c1ccccc1. The molecule has 0 aliphatic heterocycles. The summed E-state index contributed by atoms with van der Waals surface area (Å²) in [5, 5.41) is 10.5. The van der Waals surface area contributed by atoms with Gasteiger partial charge in [-0.1, -0.05) is 53.5 Å². The molecule has 2 amide bonds. The smallest absolute Gasteiger partial charge is 0.306 e. The molecule has 1 aromatic heterocycles. The molecule has 7 heteroatoms.